The van der Waals surface area contributed by atoms with Gasteiger partial charge in [0.25, 0.3) is 15.9 Å². The number of nitrogens with one attached hydrogen (secondary N) is 1. The molecule has 176 valence electrons. The fourth-order valence-corrected chi connectivity index (χ4v) is 4.22. The van der Waals surface area contributed by atoms with E-state index in [1.54, 1.807) is 36.2 Å². The van der Waals surface area contributed by atoms with Crippen LogP contribution < -0.4 is 4.72 Å². The topological polar surface area (TPSA) is 97.2 Å². The molecule has 3 aromatic rings. The summed E-state index contributed by atoms with van der Waals surface area (Å²) in [7, 11) is -2.22. The van der Waals surface area contributed by atoms with Gasteiger partial charge in [0, 0.05) is 25.5 Å². The third-order valence-corrected chi connectivity index (χ3v) is 6.84. The van der Waals surface area contributed by atoms with Crippen LogP contribution in [0.5, 0.6) is 0 Å². The van der Waals surface area contributed by atoms with Crippen molar-refractivity contribution in [2.75, 3.05) is 11.8 Å². The Morgan fingerprint density at radius 2 is 1.79 bits per heavy atom. The zero-order valence-electron chi connectivity index (χ0n) is 19.5. The van der Waals surface area contributed by atoms with Crippen molar-refractivity contribution in [2.24, 2.45) is 0 Å². The van der Waals surface area contributed by atoms with Gasteiger partial charge in [-0.2, -0.15) is 5.10 Å². The second-order valence-electron chi connectivity index (χ2n) is 9.09. The molecule has 3 rings (SSSR count). The normalized spacial score (nSPS) is 12.1. The Kier molecular flexibility index (Phi) is 6.85. The Morgan fingerprint density at radius 3 is 2.36 bits per heavy atom. The molecule has 10 heteroatoms. The van der Waals surface area contributed by atoms with Gasteiger partial charge in [0.2, 0.25) is 0 Å². The number of carbonyl (C=O) groups excluding carboxylic acids is 1. The van der Waals surface area contributed by atoms with E-state index in [4.69, 9.17) is 11.6 Å². The molecule has 8 nitrogen and oxygen atoms in total. The summed E-state index contributed by atoms with van der Waals surface area (Å²) in [5, 5.41) is 4.46. The molecule has 0 fully saturated rings. The van der Waals surface area contributed by atoms with Crippen molar-refractivity contribution in [1.29, 1.82) is 0 Å². The number of benzene rings is 1. The highest BCUT2D eigenvalue weighted by molar-refractivity contribution is 7.92. The molecule has 0 bridgehead atoms. The lowest BCUT2D eigenvalue weighted by Gasteiger charge is -2.20. The fourth-order valence-electron chi connectivity index (χ4n) is 3.01. The molecule has 0 saturated heterocycles. The smallest absolute Gasteiger partial charge is 0.262 e. The van der Waals surface area contributed by atoms with Gasteiger partial charge in [-0.1, -0.05) is 44.5 Å². The van der Waals surface area contributed by atoms with Gasteiger partial charge in [-0.25, -0.2) is 18.1 Å². The molecule has 1 N–H and O–H groups in total. The second-order valence-corrected chi connectivity index (χ2v) is 11.2. The summed E-state index contributed by atoms with van der Waals surface area (Å²) in [5.41, 5.74) is 1.42. The van der Waals surface area contributed by atoms with Crippen LogP contribution in [0.4, 0.5) is 5.69 Å². The number of rotatable bonds is 6. The SMILES string of the molecule is CC(C)N(C)C(=O)c1cnn(-c2ncc(Cl)cc2NS(=O)(=O)c2ccc(C(C)(C)C)cc2)c1. The number of halogens is 1. The molecule has 1 aromatic carbocycles. The summed E-state index contributed by atoms with van der Waals surface area (Å²) in [6, 6.07) is 8.18. The van der Waals surface area contributed by atoms with Crippen LogP contribution in [-0.4, -0.2) is 47.1 Å². The molecule has 0 spiro atoms. The largest absolute Gasteiger partial charge is 0.339 e. The Morgan fingerprint density at radius 1 is 1.15 bits per heavy atom. The van der Waals surface area contributed by atoms with Crippen molar-refractivity contribution < 1.29 is 13.2 Å². The van der Waals surface area contributed by atoms with Crippen molar-refractivity contribution in [3.05, 3.63) is 65.1 Å². The summed E-state index contributed by atoms with van der Waals surface area (Å²) in [4.78, 5) is 18.5. The van der Waals surface area contributed by atoms with Gasteiger partial charge in [-0.3, -0.25) is 9.52 Å². The third-order valence-electron chi connectivity index (χ3n) is 5.25. The number of pyridine rings is 1. The first-order chi connectivity index (χ1) is 15.3. The van der Waals surface area contributed by atoms with Crippen molar-refractivity contribution >= 4 is 33.2 Å². The van der Waals surface area contributed by atoms with Crippen LogP contribution in [0.25, 0.3) is 5.82 Å². The van der Waals surface area contributed by atoms with Crippen molar-refractivity contribution in [3.63, 3.8) is 0 Å². The maximum absolute atomic E-state index is 13.1. The number of nitrogens with zero attached hydrogens (tertiary/aromatic N) is 4. The molecular weight excluding hydrogens is 462 g/mol. The zero-order valence-corrected chi connectivity index (χ0v) is 21.1. The maximum atomic E-state index is 13.1. The highest BCUT2D eigenvalue weighted by Gasteiger charge is 2.22. The molecule has 0 aliphatic rings. The van der Waals surface area contributed by atoms with Crippen molar-refractivity contribution in [2.45, 2.75) is 51.0 Å². The van der Waals surface area contributed by atoms with E-state index in [9.17, 15) is 13.2 Å². The Labute approximate surface area is 199 Å². The van der Waals surface area contributed by atoms with E-state index in [1.165, 1.54) is 29.3 Å². The highest BCUT2D eigenvalue weighted by atomic mass is 35.5. The quantitative estimate of drug-likeness (QED) is 0.549. The molecule has 0 aliphatic heterocycles. The number of sulfonamides is 1. The predicted molar refractivity (Wildman–Crippen MR) is 130 cm³/mol. The highest BCUT2D eigenvalue weighted by Crippen LogP contribution is 2.27. The second kappa shape index (κ2) is 9.15. The molecule has 2 heterocycles. The van der Waals surface area contributed by atoms with Gasteiger partial charge >= 0.3 is 0 Å². The minimum Gasteiger partial charge on any atom is -0.339 e. The first kappa shape index (κ1) is 24.7. The summed E-state index contributed by atoms with van der Waals surface area (Å²) < 4.78 is 30.0. The number of amides is 1. The van der Waals surface area contributed by atoms with Crippen LogP contribution in [0.1, 0.15) is 50.5 Å². The lowest BCUT2D eigenvalue weighted by Crippen LogP contribution is -2.32. The van der Waals surface area contributed by atoms with Gasteiger partial charge in [0.15, 0.2) is 5.82 Å². The predicted octanol–water partition coefficient (Wildman–Crippen LogP) is 4.50. The monoisotopic (exact) mass is 489 g/mol. The van der Waals surface area contributed by atoms with Crippen LogP contribution >= 0.6 is 11.6 Å². The van der Waals surface area contributed by atoms with Crippen LogP contribution in [0, 0.1) is 0 Å². The van der Waals surface area contributed by atoms with Gasteiger partial charge in [0.05, 0.1) is 27.4 Å². The zero-order chi connectivity index (χ0) is 24.6. The molecule has 1 amide bonds. The Hall–Kier alpha value is -2.91. The summed E-state index contributed by atoms with van der Waals surface area (Å²) >= 11 is 6.09. The van der Waals surface area contributed by atoms with Crippen molar-refractivity contribution in [3.8, 4) is 5.82 Å². The molecule has 0 saturated carbocycles. The van der Waals surface area contributed by atoms with E-state index >= 15 is 0 Å². The van der Waals surface area contributed by atoms with Gasteiger partial charge < -0.3 is 4.90 Å². The molecule has 0 aliphatic carbocycles. The summed E-state index contributed by atoms with van der Waals surface area (Å²) in [6.07, 6.45) is 4.31. The number of anilines is 1. The van der Waals surface area contributed by atoms with E-state index in [-0.39, 0.29) is 38.8 Å². The number of aromatic nitrogens is 3. The average molecular weight is 490 g/mol. The van der Waals surface area contributed by atoms with Gasteiger partial charge in [-0.05, 0) is 43.0 Å². The molecule has 0 atom stereocenters. The Balaban J connectivity index is 1.95. The number of hydrogen-bond donors (Lipinski definition) is 1. The lowest BCUT2D eigenvalue weighted by molar-refractivity contribution is 0.0755. The van der Waals surface area contributed by atoms with E-state index < -0.39 is 10.0 Å². The number of hydrogen-bond acceptors (Lipinski definition) is 5. The molecule has 0 unspecified atom stereocenters. The van der Waals surface area contributed by atoms with Gasteiger partial charge in [-0.15, -0.1) is 0 Å². The molecule has 2 aromatic heterocycles. The Bertz CT molecular complexity index is 1260. The minimum atomic E-state index is -3.92. The summed E-state index contributed by atoms with van der Waals surface area (Å²) in [6.45, 7) is 9.98. The van der Waals surface area contributed by atoms with Crippen LogP contribution in [0.2, 0.25) is 5.02 Å². The van der Waals surface area contributed by atoms with E-state index in [2.05, 4.69) is 35.6 Å². The van der Waals surface area contributed by atoms with Crippen LogP contribution in [-0.2, 0) is 15.4 Å². The lowest BCUT2D eigenvalue weighted by atomic mass is 9.87. The first-order valence-corrected chi connectivity index (χ1v) is 12.3. The van der Waals surface area contributed by atoms with Crippen LogP contribution in [0.15, 0.2) is 53.8 Å². The first-order valence-electron chi connectivity index (χ1n) is 10.4. The minimum absolute atomic E-state index is 0.0153. The summed E-state index contributed by atoms with van der Waals surface area (Å²) in [5.74, 6) is -0.00758. The maximum Gasteiger partial charge on any atom is 0.262 e. The van der Waals surface area contributed by atoms with E-state index in [0.717, 1.165) is 5.56 Å². The van der Waals surface area contributed by atoms with Crippen LogP contribution in [0.3, 0.4) is 0 Å². The average Bonchev–Trinajstić information content (AvgIpc) is 3.21. The molecule has 0 radical (unpaired) electrons. The third kappa shape index (κ3) is 5.54. The standard InChI is InChI=1S/C23H28ClN5O3S/c1-15(2)28(6)22(30)16-12-26-29(14-16)21-20(11-18(24)13-25-21)27-33(31,32)19-9-7-17(8-10-19)23(3,4)5/h7-15,27H,1-6H3. The van der Waals surface area contributed by atoms with E-state index in [1.807, 2.05) is 13.8 Å². The number of carbonyl (C=O) groups is 1. The fraction of sp³-hybridized carbons (Fsp3) is 0.348. The molecular formula is C23H28ClN5O3S. The van der Waals surface area contributed by atoms with E-state index in [0.29, 0.717) is 5.56 Å². The van der Waals surface area contributed by atoms with Gasteiger partial charge in [0.1, 0.15) is 0 Å². The molecule has 33 heavy (non-hydrogen) atoms. The van der Waals surface area contributed by atoms with Crippen molar-refractivity contribution in [1.82, 2.24) is 19.7 Å².